The van der Waals surface area contributed by atoms with E-state index in [9.17, 15) is 18.3 Å². The van der Waals surface area contributed by atoms with Crippen molar-refractivity contribution in [3.63, 3.8) is 0 Å². The van der Waals surface area contributed by atoms with Gasteiger partial charge in [-0.25, -0.2) is 13.2 Å². The number of hydrogen-bond acceptors (Lipinski definition) is 6. The van der Waals surface area contributed by atoms with E-state index in [1.54, 1.807) is 6.92 Å². The van der Waals surface area contributed by atoms with Crippen LogP contribution in [0.2, 0.25) is 0 Å². The van der Waals surface area contributed by atoms with Crippen LogP contribution in [0.5, 0.6) is 0 Å². The maximum Gasteiger partial charge on any atom is 0.338 e. The molecule has 1 aromatic rings. The third kappa shape index (κ3) is 4.99. The normalized spacial score (nSPS) is 18.0. The van der Waals surface area contributed by atoms with Gasteiger partial charge in [-0.15, -0.1) is 0 Å². The molecule has 1 fully saturated rings. The fourth-order valence-electron chi connectivity index (χ4n) is 2.77. The predicted molar refractivity (Wildman–Crippen MR) is 89.8 cm³/mol. The number of rotatable bonds is 7. The molecule has 3 N–H and O–H groups in total. The lowest BCUT2D eigenvalue weighted by molar-refractivity contribution is -0.906. The summed E-state index contributed by atoms with van der Waals surface area (Å²) in [7, 11) is -3.62. The fraction of sp³-hybridized carbons (Fsp3) is 0.562. The van der Waals surface area contributed by atoms with Crippen LogP contribution in [0.3, 0.4) is 0 Å². The molecule has 1 saturated heterocycles. The summed E-state index contributed by atoms with van der Waals surface area (Å²) >= 11 is 0. The second-order valence-corrected chi connectivity index (χ2v) is 7.88. The lowest BCUT2D eigenvalue weighted by atomic mass is 10.2. The van der Waals surface area contributed by atoms with E-state index in [2.05, 4.69) is 0 Å². The van der Waals surface area contributed by atoms with Crippen LogP contribution in [0.4, 0.5) is 0 Å². The lowest BCUT2D eigenvalue weighted by Crippen LogP contribution is -3.15. The first-order valence-corrected chi connectivity index (χ1v) is 9.72. The van der Waals surface area contributed by atoms with Crippen molar-refractivity contribution < 1.29 is 33.1 Å². The Bertz CT molecular complexity index is 668. The molecule has 25 heavy (non-hydrogen) atoms. The first-order valence-electron chi connectivity index (χ1n) is 8.28. The minimum absolute atomic E-state index is 0.138. The maximum absolute atomic E-state index is 12.7. The second-order valence-electron chi connectivity index (χ2n) is 5.94. The minimum Gasteiger partial charge on any atom is -0.462 e. The number of aliphatic hydroxyl groups excluding tert-OH is 2. The molecule has 1 aliphatic heterocycles. The number of sulfonamides is 1. The fourth-order valence-corrected chi connectivity index (χ4v) is 4.21. The molecule has 0 aliphatic carbocycles. The molecule has 0 saturated carbocycles. The molecule has 1 heterocycles. The molecular formula is C16H25N2O6S+. The number of esters is 1. The molecule has 0 bridgehead atoms. The van der Waals surface area contributed by atoms with Gasteiger partial charge in [-0.1, -0.05) is 0 Å². The van der Waals surface area contributed by atoms with E-state index < -0.39 is 22.1 Å². The Balaban J connectivity index is 2.01. The monoisotopic (exact) mass is 373 g/mol. The maximum atomic E-state index is 12.7. The van der Waals surface area contributed by atoms with E-state index in [0.717, 1.165) is 4.90 Å². The van der Waals surface area contributed by atoms with E-state index in [4.69, 9.17) is 9.84 Å². The van der Waals surface area contributed by atoms with Gasteiger partial charge >= 0.3 is 5.97 Å². The summed E-state index contributed by atoms with van der Waals surface area (Å²) in [6.07, 6.45) is -0.784. The van der Waals surface area contributed by atoms with Crippen LogP contribution >= 0.6 is 0 Å². The van der Waals surface area contributed by atoms with E-state index in [-0.39, 0.29) is 18.1 Å². The Morgan fingerprint density at radius 3 is 2.40 bits per heavy atom. The Kier molecular flexibility index (Phi) is 6.91. The van der Waals surface area contributed by atoms with Gasteiger partial charge in [0.2, 0.25) is 10.0 Å². The van der Waals surface area contributed by atoms with E-state index in [1.807, 2.05) is 0 Å². The van der Waals surface area contributed by atoms with E-state index in [1.165, 1.54) is 28.6 Å². The minimum atomic E-state index is -3.62. The van der Waals surface area contributed by atoms with E-state index in [0.29, 0.717) is 38.3 Å². The van der Waals surface area contributed by atoms with Gasteiger partial charge in [0.15, 0.2) is 0 Å². The molecule has 1 aromatic carbocycles. The predicted octanol–water partition coefficient (Wildman–Crippen LogP) is -1.89. The standard InChI is InChI=1S/C16H24N2O6S/c1-2-24-16(21)13-3-5-15(6-4-13)25(22,23)18-9-7-17(8-10-18)11-14(20)12-19/h3-6,14,19-20H,2,7-12H2,1H3/p+1/t14-/m1/s1. The van der Waals surface area contributed by atoms with Crippen LogP contribution in [0.1, 0.15) is 17.3 Å². The number of quaternary nitrogens is 1. The number of benzene rings is 1. The topological polar surface area (TPSA) is 109 Å². The van der Waals surface area contributed by atoms with Crippen molar-refractivity contribution in [2.45, 2.75) is 17.9 Å². The average molecular weight is 373 g/mol. The zero-order valence-electron chi connectivity index (χ0n) is 14.2. The highest BCUT2D eigenvalue weighted by Gasteiger charge is 2.31. The van der Waals surface area contributed by atoms with Crippen LogP contribution in [0.25, 0.3) is 0 Å². The Hall–Kier alpha value is -1.52. The molecule has 0 unspecified atom stereocenters. The van der Waals surface area contributed by atoms with Gasteiger partial charge < -0.3 is 19.8 Å². The number of aliphatic hydroxyl groups is 2. The Morgan fingerprint density at radius 2 is 1.88 bits per heavy atom. The first kappa shape index (κ1) is 19.8. The zero-order chi connectivity index (χ0) is 18.4. The molecule has 0 spiro atoms. The molecule has 140 valence electrons. The van der Waals surface area contributed by atoms with Crippen molar-refractivity contribution in [2.24, 2.45) is 0 Å². The molecule has 1 aliphatic rings. The van der Waals surface area contributed by atoms with Crippen LogP contribution in [0, 0.1) is 0 Å². The summed E-state index contributed by atoms with van der Waals surface area (Å²) in [4.78, 5) is 12.8. The number of hydrogen-bond donors (Lipinski definition) is 3. The molecule has 8 nitrogen and oxygen atoms in total. The van der Waals surface area contributed by atoms with Crippen LogP contribution < -0.4 is 4.90 Å². The number of carbonyl (C=O) groups excluding carboxylic acids is 1. The Labute approximate surface area is 147 Å². The van der Waals surface area contributed by atoms with Crippen molar-refractivity contribution in [3.8, 4) is 0 Å². The van der Waals surface area contributed by atoms with Gasteiger partial charge in [0.25, 0.3) is 0 Å². The highest BCUT2D eigenvalue weighted by atomic mass is 32.2. The summed E-state index contributed by atoms with van der Waals surface area (Å²) < 4.78 is 31.7. The molecule has 9 heteroatoms. The van der Waals surface area contributed by atoms with Gasteiger partial charge in [-0.3, -0.25) is 0 Å². The summed E-state index contributed by atoms with van der Waals surface area (Å²) in [6.45, 7) is 3.89. The van der Waals surface area contributed by atoms with E-state index >= 15 is 0 Å². The summed E-state index contributed by atoms with van der Waals surface area (Å²) in [5.41, 5.74) is 0.313. The van der Waals surface area contributed by atoms with Gasteiger partial charge in [0.05, 0.1) is 49.9 Å². The summed E-state index contributed by atoms with van der Waals surface area (Å²) in [6, 6.07) is 5.72. The van der Waals surface area contributed by atoms with Gasteiger partial charge in [0.1, 0.15) is 12.6 Å². The molecule has 2 rings (SSSR count). The first-order chi connectivity index (χ1) is 11.9. The summed E-state index contributed by atoms with van der Waals surface area (Å²) in [5.74, 6) is -0.480. The molecular weight excluding hydrogens is 348 g/mol. The number of nitrogens with one attached hydrogen (secondary N) is 1. The highest BCUT2D eigenvalue weighted by Crippen LogP contribution is 2.17. The number of piperazine rings is 1. The number of carbonyl (C=O) groups is 1. The van der Waals surface area contributed by atoms with Crippen LogP contribution in [0.15, 0.2) is 29.2 Å². The SMILES string of the molecule is CCOC(=O)c1ccc(S(=O)(=O)N2CC[NH+](C[C@@H](O)CO)CC2)cc1. The third-order valence-electron chi connectivity index (χ3n) is 4.17. The van der Waals surface area contributed by atoms with Crippen LogP contribution in [-0.4, -0.2) is 80.9 Å². The van der Waals surface area contributed by atoms with Gasteiger partial charge in [-0.05, 0) is 31.2 Å². The second kappa shape index (κ2) is 8.72. The van der Waals surface area contributed by atoms with Gasteiger partial charge in [-0.2, -0.15) is 4.31 Å². The van der Waals surface area contributed by atoms with Gasteiger partial charge in [0, 0.05) is 0 Å². The number of nitrogens with zero attached hydrogens (tertiary/aromatic N) is 1. The quantitative estimate of drug-likeness (QED) is 0.482. The van der Waals surface area contributed by atoms with Crippen molar-refractivity contribution in [2.75, 3.05) is 45.9 Å². The molecule has 0 radical (unpaired) electrons. The van der Waals surface area contributed by atoms with Crippen molar-refractivity contribution in [1.29, 1.82) is 0 Å². The zero-order valence-corrected chi connectivity index (χ0v) is 15.0. The number of ether oxygens (including phenoxy) is 1. The molecule has 1 atom stereocenters. The van der Waals surface area contributed by atoms with Crippen molar-refractivity contribution >= 4 is 16.0 Å². The Morgan fingerprint density at radius 1 is 1.28 bits per heavy atom. The van der Waals surface area contributed by atoms with Crippen LogP contribution in [-0.2, 0) is 14.8 Å². The molecule has 0 aromatic heterocycles. The average Bonchev–Trinajstić information content (AvgIpc) is 2.62. The highest BCUT2D eigenvalue weighted by molar-refractivity contribution is 7.89. The third-order valence-corrected chi connectivity index (χ3v) is 6.08. The smallest absolute Gasteiger partial charge is 0.338 e. The largest absolute Gasteiger partial charge is 0.462 e. The lowest BCUT2D eigenvalue weighted by Gasteiger charge is -2.32. The van der Waals surface area contributed by atoms with Crippen molar-refractivity contribution in [3.05, 3.63) is 29.8 Å². The molecule has 0 amide bonds. The summed E-state index contributed by atoms with van der Waals surface area (Å²) in [5, 5.41) is 18.4. The van der Waals surface area contributed by atoms with Crippen molar-refractivity contribution in [1.82, 2.24) is 4.31 Å².